The average Bonchev–Trinajstić information content (AvgIpc) is 2.28. The number of hydrogen-bond donors (Lipinski definition) is 1. The molecule has 0 aliphatic rings. The lowest BCUT2D eigenvalue weighted by molar-refractivity contribution is 0.284. The Morgan fingerprint density at radius 3 is 2.45 bits per heavy atom. The molecular formula is C17H29FN2. The highest BCUT2D eigenvalue weighted by molar-refractivity contribution is 5.25. The summed E-state index contributed by atoms with van der Waals surface area (Å²) in [5.74, 6) is 0.480. The second-order valence-electron chi connectivity index (χ2n) is 7.12. The van der Waals surface area contributed by atoms with Gasteiger partial charge in [-0.2, -0.15) is 0 Å². The minimum Gasteiger partial charge on any atom is -0.308 e. The Labute approximate surface area is 123 Å². The summed E-state index contributed by atoms with van der Waals surface area (Å²) < 4.78 is 13.9. The third kappa shape index (κ3) is 6.49. The van der Waals surface area contributed by atoms with Crippen molar-refractivity contribution in [3.05, 3.63) is 35.1 Å². The lowest BCUT2D eigenvalue weighted by Crippen LogP contribution is -2.35. The van der Waals surface area contributed by atoms with Gasteiger partial charge in [0.05, 0.1) is 0 Å². The molecule has 0 aliphatic heterocycles. The fourth-order valence-corrected chi connectivity index (χ4v) is 2.21. The molecule has 0 fully saturated rings. The number of halogens is 1. The van der Waals surface area contributed by atoms with Crippen LogP contribution in [0.2, 0.25) is 0 Å². The summed E-state index contributed by atoms with van der Waals surface area (Å²) in [7, 11) is 2.04. The Morgan fingerprint density at radius 2 is 1.90 bits per heavy atom. The van der Waals surface area contributed by atoms with E-state index in [9.17, 15) is 4.39 Å². The van der Waals surface area contributed by atoms with E-state index in [1.807, 2.05) is 19.2 Å². The van der Waals surface area contributed by atoms with Gasteiger partial charge in [0, 0.05) is 30.7 Å². The van der Waals surface area contributed by atoms with E-state index >= 15 is 0 Å². The normalized spacial score (nSPS) is 12.4. The van der Waals surface area contributed by atoms with Crippen molar-refractivity contribution < 1.29 is 4.39 Å². The monoisotopic (exact) mass is 280 g/mol. The molecule has 0 amide bonds. The second kappa shape index (κ2) is 7.19. The van der Waals surface area contributed by atoms with Gasteiger partial charge in [-0.25, -0.2) is 4.39 Å². The van der Waals surface area contributed by atoms with Crippen molar-refractivity contribution in [1.29, 1.82) is 0 Å². The van der Waals surface area contributed by atoms with Gasteiger partial charge in [0.2, 0.25) is 0 Å². The summed E-state index contributed by atoms with van der Waals surface area (Å²) in [6.07, 6.45) is 0. The average molecular weight is 280 g/mol. The first kappa shape index (κ1) is 17.1. The van der Waals surface area contributed by atoms with E-state index in [2.05, 4.69) is 44.8 Å². The third-order valence-corrected chi connectivity index (χ3v) is 3.05. The van der Waals surface area contributed by atoms with Gasteiger partial charge >= 0.3 is 0 Å². The largest absolute Gasteiger partial charge is 0.308 e. The van der Waals surface area contributed by atoms with Gasteiger partial charge in [0.15, 0.2) is 0 Å². The maximum Gasteiger partial charge on any atom is 0.127 e. The maximum absolute atomic E-state index is 13.9. The predicted molar refractivity (Wildman–Crippen MR) is 84.2 cm³/mol. The van der Waals surface area contributed by atoms with Crippen LogP contribution < -0.4 is 5.32 Å². The summed E-state index contributed by atoms with van der Waals surface area (Å²) in [4.78, 5) is 2.17. The molecule has 0 spiro atoms. The highest BCUT2D eigenvalue weighted by Gasteiger charge is 2.11. The molecule has 0 heterocycles. The summed E-state index contributed by atoms with van der Waals surface area (Å²) in [5.41, 5.74) is 1.99. The van der Waals surface area contributed by atoms with E-state index in [4.69, 9.17) is 0 Å². The Bertz CT molecular complexity index is 421. The SMILES string of the molecule is CC(C)CN(C)Cc1cc(CNC(C)(C)C)ccc1F. The van der Waals surface area contributed by atoms with Gasteiger partial charge in [-0.3, -0.25) is 0 Å². The van der Waals surface area contributed by atoms with Crippen molar-refractivity contribution in [2.75, 3.05) is 13.6 Å². The van der Waals surface area contributed by atoms with E-state index in [1.54, 1.807) is 6.07 Å². The molecule has 114 valence electrons. The molecule has 0 saturated heterocycles. The maximum atomic E-state index is 13.9. The first-order valence-electron chi connectivity index (χ1n) is 7.38. The molecule has 0 aliphatic carbocycles. The minimum absolute atomic E-state index is 0.0724. The number of hydrogen-bond acceptors (Lipinski definition) is 2. The van der Waals surface area contributed by atoms with Crippen molar-refractivity contribution in [2.45, 2.75) is 53.2 Å². The molecule has 0 unspecified atom stereocenters. The van der Waals surface area contributed by atoms with Crippen LogP contribution in [-0.2, 0) is 13.1 Å². The van der Waals surface area contributed by atoms with Crippen LogP contribution in [0.1, 0.15) is 45.7 Å². The van der Waals surface area contributed by atoms with E-state index in [1.165, 1.54) is 0 Å². The van der Waals surface area contributed by atoms with Gasteiger partial charge in [0.25, 0.3) is 0 Å². The van der Waals surface area contributed by atoms with Crippen molar-refractivity contribution in [2.24, 2.45) is 5.92 Å². The summed E-state index contributed by atoms with van der Waals surface area (Å²) >= 11 is 0. The van der Waals surface area contributed by atoms with Crippen molar-refractivity contribution in [3.63, 3.8) is 0 Å². The van der Waals surface area contributed by atoms with E-state index in [-0.39, 0.29) is 11.4 Å². The van der Waals surface area contributed by atoms with Crippen LogP contribution in [0, 0.1) is 11.7 Å². The molecule has 0 radical (unpaired) electrons. The Balaban J connectivity index is 2.71. The van der Waals surface area contributed by atoms with Crippen molar-refractivity contribution in [3.8, 4) is 0 Å². The molecule has 20 heavy (non-hydrogen) atoms. The van der Waals surface area contributed by atoms with E-state index < -0.39 is 0 Å². The van der Waals surface area contributed by atoms with Gasteiger partial charge in [-0.1, -0.05) is 26.0 Å². The number of benzene rings is 1. The molecule has 1 rings (SSSR count). The van der Waals surface area contributed by atoms with Crippen LogP contribution in [-0.4, -0.2) is 24.0 Å². The summed E-state index contributed by atoms with van der Waals surface area (Å²) in [6.45, 7) is 13.2. The standard InChI is InChI=1S/C17H29FN2/c1-13(2)11-20(6)12-15-9-14(7-8-16(15)18)10-19-17(3,4)5/h7-9,13,19H,10-12H2,1-6H3. The molecule has 0 saturated carbocycles. The second-order valence-corrected chi connectivity index (χ2v) is 7.12. The molecular weight excluding hydrogens is 251 g/mol. The first-order valence-corrected chi connectivity index (χ1v) is 7.38. The third-order valence-electron chi connectivity index (χ3n) is 3.05. The summed E-state index contributed by atoms with van der Waals surface area (Å²) in [6, 6.07) is 5.42. The van der Waals surface area contributed by atoms with Crippen LogP contribution in [0.15, 0.2) is 18.2 Å². The smallest absolute Gasteiger partial charge is 0.127 e. The van der Waals surface area contributed by atoms with E-state index in [0.717, 1.165) is 24.2 Å². The topological polar surface area (TPSA) is 15.3 Å². The van der Waals surface area contributed by atoms with Crippen LogP contribution >= 0.6 is 0 Å². The Morgan fingerprint density at radius 1 is 1.25 bits per heavy atom. The van der Waals surface area contributed by atoms with Crippen LogP contribution in [0.5, 0.6) is 0 Å². The number of nitrogens with zero attached hydrogens (tertiary/aromatic N) is 1. The lowest BCUT2D eigenvalue weighted by Gasteiger charge is -2.22. The molecule has 0 bridgehead atoms. The zero-order chi connectivity index (χ0) is 15.3. The number of nitrogens with one attached hydrogen (secondary N) is 1. The van der Waals surface area contributed by atoms with Crippen molar-refractivity contribution >= 4 is 0 Å². The zero-order valence-corrected chi connectivity index (χ0v) is 13.8. The Kier molecular flexibility index (Phi) is 6.15. The molecule has 0 aromatic heterocycles. The molecule has 1 N–H and O–H groups in total. The quantitative estimate of drug-likeness (QED) is 0.852. The highest BCUT2D eigenvalue weighted by atomic mass is 19.1. The highest BCUT2D eigenvalue weighted by Crippen LogP contribution is 2.14. The lowest BCUT2D eigenvalue weighted by atomic mass is 10.1. The molecule has 1 aromatic rings. The molecule has 1 aromatic carbocycles. The van der Waals surface area contributed by atoms with Crippen LogP contribution in [0.25, 0.3) is 0 Å². The van der Waals surface area contributed by atoms with Gasteiger partial charge < -0.3 is 10.2 Å². The zero-order valence-electron chi connectivity index (χ0n) is 13.8. The van der Waals surface area contributed by atoms with Gasteiger partial charge in [-0.15, -0.1) is 0 Å². The molecule has 0 atom stereocenters. The van der Waals surface area contributed by atoms with Crippen molar-refractivity contribution in [1.82, 2.24) is 10.2 Å². The molecule has 2 nitrogen and oxygen atoms in total. The predicted octanol–water partition coefficient (Wildman–Crippen LogP) is 3.80. The summed E-state index contributed by atoms with van der Waals surface area (Å²) in [5, 5.41) is 3.43. The fraction of sp³-hybridized carbons (Fsp3) is 0.647. The molecule has 3 heteroatoms. The first-order chi connectivity index (χ1) is 9.17. The van der Waals surface area contributed by atoms with E-state index in [0.29, 0.717) is 12.5 Å². The minimum atomic E-state index is -0.111. The van der Waals surface area contributed by atoms with Gasteiger partial charge in [-0.05, 0) is 45.4 Å². The van der Waals surface area contributed by atoms with Crippen LogP contribution in [0.4, 0.5) is 4.39 Å². The van der Waals surface area contributed by atoms with Crippen LogP contribution in [0.3, 0.4) is 0 Å². The fourth-order valence-electron chi connectivity index (χ4n) is 2.21. The Hall–Kier alpha value is -0.930. The number of rotatable bonds is 6. The van der Waals surface area contributed by atoms with Gasteiger partial charge in [0.1, 0.15) is 5.82 Å².